The fourth-order valence-electron chi connectivity index (χ4n) is 2.48. The Morgan fingerprint density at radius 2 is 2.14 bits per heavy atom. The molecule has 0 spiro atoms. The van der Waals surface area contributed by atoms with Gasteiger partial charge in [0.1, 0.15) is 0 Å². The van der Waals surface area contributed by atoms with Crippen molar-refractivity contribution in [3.63, 3.8) is 0 Å². The average molecular weight is 312 g/mol. The van der Waals surface area contributed by atoms with Gasteiger partial charge in [0, 0.05) is 24.3 Å². The number of likely N-dealkylation sites (N-methyl/N-ethyl adjacent to an activating group) is 1. The highest BCUT2D eigenvalue weighted by molar-refractivity contribution is 6.31. The van der Waals surface area contributed by atoms with Gasteiger partial charge in [0.25, 0.3) is 0 Å². The van der Waals surface area contributed by atoms with E-state index < -0.39 is 0 Å². The Hall–Kier alpha value is -1.30. The second-order valence-corrected chi connectivity index (χ2v) is 5.84. The van der Waals surface area contributed by atoms with E-state index in [1.54, 1.807) is 18.2 Å². The van der Waals surface area contributed by atoms with Crippen LogP contribution in [0.25, 0.3) is 0 Å². The Morgan fingerprint density at radius 3 is 2.76 bits per heavy atom. The van der Waals surface area contributed by atoms with E-state index in [2.05, 4.69) is 10.2 Å². The van der Waals surface area contributed by atoms with E-state index >= 15 is 0 Å². The summed E-state index contributed by atoms with van der Waals surface area (Å²) in [6.07, 6.45) is 1.91. The number of ether oxygens (including phenoxy) is 1. The fraction of sp³-hybridized carbons (Fsp3) is 0.533. The zero-order valence-electron chi connectivity index (χ0n) is 12.4. The third kappa shape index (κ3) is 4.09. The molecule has 1 heterocycles. The summed E-state index contributed by atoms with van der Waals surface area (Å²) in [7, 11) is 1.98. The molecule has 21 heavy (non-hydrogen) atoms. The lowest BCUT2D eigenvalue weighted by atomic mass is 10.1. The van der Waals surface area contributed by atoms with Crippen LogP contribution in [0.1, 0.15) is 19.8 Å². The van der Waals surface area contributed by atoms with E-state index in [1.807, 2.05) is 14.0 Å². The minimum Gasteiger partial charge on any atom is -0.397 e. The predicted octanol–water partition coefficient (Wildman–Crippen LogP) is 2.36. The molecule has 1 fully saturated rings. The quantitative estimate of drug-likeness (QED) is 0.838. The zero-order valence-corrected chi connectivity index (χ0v) is 13.2. The van der Waals surface area contributed by atoms with Crippen LogP contribution in [-0.4, -0.2) is 43.2 Å². The molecule has 1 aliphatic heterocycles. The van der Waals surface area contributed by atoms with Crippen molar-refractivity contribution in [3.8, 4) is 0 Å². The maximum absolute atomic E-state index is 12.4. The second kappa shape index (κ2) is 7.11. The number of nitrogens with two attached hydrogens (primary N) is 1. The Kier molecular flexibility index (Phi) is 5.45. The minimum atomic E-state index is -0.233. The molecule has 0 aliphatic carbocycles. The first-order chi connectivity index (χ1) is 9.99. The third-order valence-electron chi connectivity index (χ3n) is 4.03. The molecular formula is C15H22ClN3O2. The SMILES string of the molecule is CC(C(=O)Nc1ccc(Cl)cc1N)N(C)C1CCOCC1. The van der Waals surface area contributed by atoms with Crippen LogP contribution < -0.4 is 11.1 Å². The lowest BCUT2D eigenvalue weighted by molar-refractivity contribution is -0.121. The summed E-state index contributed by atoms with van der Waals surface area (Å²) in [4.78, 5) is 14.5. The number of nitrogens with one attached hydrogen (secondary N) is 1. The van der Waals surface area contributed by atoms with Gasteiger partial charge in [-0.25, -0.2) is 0 Å². The van der Waals surface area contributed by atoms with Crippen LogP contribution in [0.5, 0.6) is 0 Å². The molecule has 1 saturated heterocycles. The van der Waals surface area contributed by atoms with Crippen molar-refractivity contribution < 1.29 is 9.53 Å². The molecule has 1 aliphatic rings. The highest BCUT2D eigenvalue weighted by Crippen LogP contribution is 2.23. The maximum Gasteiger partial charge on any atom is 0.241 e. The van der Waals surface area contributed by atoms with Crippen molar-refractivity contribution in [3.05, 3.63) is 23.2 Å². The normalized spacial score (nSPS) is 17.7. The Morgan fingerprint density at radius 1 is 1.48 bits per heavy atom. The molecule has 3 N–H and O–H groups in total. The number of nitrogens with zero attached hydrogens (tertiary/aromatic N) is 1. The van der Waals surface area contributed by atoms with Gasteiger partial charge in [-0.15, -0.1) is 0 Å². The van der Waals surface area contributed by atoms with Gasteiger partial charge >= 0.3 is 0 Å². The van der Waals surface area contributed by atoms with Crippen molar-refractivity contribution >= 4 is 28.9 Å². The van der Waals surface area contributed by atoms with Gasteiger partial charge in [0.2, 0.25) is 5.91 Å². The summed E-state index contributed by atoms with van der Waals surface area (Å²) in [5.74, 6) is -0.0713. The standard InChI is InChI=1S/C15H22ClN3O2/c1-10(19(2)12-5-7-21-8-6-12)15(20)18-14-4-3-11(16)9-13(14)17/h3-4,9-10,12H,5-8,17H2,1-2H3,(H,18,20). The number of nitrogen functional groups attached to an aromatic ring is 1. The first kappa shape index (κ1) is 16.1. The van der Waals surface area contributed by atoms with Crippen LogP contribution >= 0.6 is 11.6 Å². The van der Waals surface area contributed by atoms with Crippen molar-refractivity contribution in [1.82, 2.24) is 4.90 Å². The molecule has 0 aromatic heterocycles. The molecule has 0 bridgehead atoms. The van der Waals surface area contributed by atoms with Crippen LogP contribution in [0.4, 0.5) is 11.4 Å². The first-order valence-electron chi connectivity index (χ1n) is 7.14. The average Bonchev–Trinajstić information content (AvgIpc) is 2.49. The van der Waals surface area contributed by atoms with Gasteiger partial charge < -0.3 is 15.8 Å². The lowest BCUT2D eigenvalue weighted by Gasteiger charge is -2.34. The highest BCUT2D eigenvalue weighted by Gasteiger charge is 2.26. The van der Waals surface area contributed by atoms with E-state index in [4.69, 9.17) is 22.1 Å². The number of carbonyl (C=O) groups excluding carboxylic acids is 1. The van der Waals surface area contributed by atoms with Crippen LogP contribution in [-0.2, 0) is 9.53 Å². The zero-order chi connectivity index (χ0) is 15.4. The largest absolute Gasteiger partial charge is 0.397 e. The number of carbonyl (C=O) groups is 1. The molecule has 1 aromatic rings. The molecule has 116 valence electrons. The number of hydrogen-bond donors (Lipinski definition) is 2. The summed E-state index contributed by atoms with van der Waals surface area (Å²) >= 11 is 5.86. The molecule has 1 unspecified atom stereocenters. The molecular weight excluding hydrogens is 290 g/mol. The van der Waals surface area contributed by atoms with Crippen LogP contribution in [0.2, 0.25) is 5.02 Å². The molecule has 2 rings (SSSR count). The number of amides is 1. The van der Waals surface area contributed by atoms with Gasteiger partial charge in [-0.2, -0.15) is 0 Å². The van der Waals surface area contributed by atoms with Crippen molar-refractivity contribution in [2.24, 2.45) is 0 Å². The van der Waals surface area contributed by atoms with E-state index in [9.17, 15) is 4.79 Å². The molecule has 0 saturated carbocycles. The Bertz CT molecular complexity index is 504. The summed E-state index contributed by atoms with van der Waals surface area (Å²) in [6.45, 7) is 3.41. The fourth-order valence-corrected chi connectivity index (χ4v) is 2.66. The highest BCUT2D eigenvalue weighted by atomic mass is 35.5. The summed E-state index contributed by atoms with van der Waals surface area (Å²) in [5.41, 5.74) is 6.92. The van der Waals surface area contributed by atoms with Crippen molar-refractivity contribution in [2.75, 3.05) is 31.3 Å². The topological polar surface area (TPSA) is 67.6 Å². The van der Waals surface area contributed by atoms with Crippen LogP contribution in [0.3, 0.4) is 0 Å². The second-order valence-electron chi connectivity index (χ2n) is 5.41. The Balaban J connectivity index is 1.98. The van der Waals surface area contributed by atoms with E-state index in [0.29, 0.717) is 22.4 Å². The molecule has 0 radical (unpaired) electrons. The maximum atomic E-state index is 12.4. The number of hydrogen-bond acceptors (Lipinski definition) is 4. The van der Waals surface area contributed by atoms with Crippen molar-refractivity contribution in [1.29, 1.82) is 0 Å². The number of rotatable bonds is 4. The van der Waals surface area contributed by atoms with Gasteiger partial charge in [-0.1, -0.05) is 11.6 Å². The minimum absolute atomic E-state index is 0.0713. The van der Waals surface area contributed by atoms with Gasteiger partial charge in [-0.3, -0.25) is 9.69 Å². The number of benzene rings is 1. The van der Waals surface area contributed by atoms with Crippen LogP contribution in [0.15, 0.2) is 18.2 Å². The van der Waals surface area contributed by atoms with E-state index in [0.717, 1.165) is 26.1 Å². The van der Waals surface area contributed by atoms with Gasteiger partial charge in [0.05, 0.1) is 17.4 Å². The van der Waals surface area contributed by atoms with Gasteiger partial charge in [0.15, 0.2) is 0 Å². The van der Waals surface area contributed by atoms with E-state index in [-0.39, 0.29) is 11.9 Å². The van der Waals surface area contributed by atoms with Crippen LogP contribution in [0, 0.1) is 0 Å². The lowest BCUT2D eigenvalue weighted by Crippen LogP contribution is -2.47. The summed E-state index contributed by atoms with van der Waals surface area (Å²) in [6, 6.07) is 5.20. The summed E-state index contributed by atoms with van der Waals surface area (Å²) < 4.78 is 5.36. The monoisotopic (exact) mass is 311 g/mol. The first-order valence-corrected chi connectivity index (χ1v) is 7.52. The van der Waals surface area contributed by atoms with E-state index in [1.165, 1.54) is 0 Å². The van der Waals surface area contributed by atoms with Gasteiger partial charge in [-0.05, 0) is 45.0 Å². The molecule has 1 amide bonds. The Labute approximate surface area is 130 Å². The third-order valence-corrected chi connectivity index (χ3v) is 4.26. The number of anilines is 2. The molecule has 5 nitrogen and oxygen atoms in total. The number of halogens is 1. The molecule has 6 heteroatoms. The molecule has 1 atom stereocenters. The van der Waals surface area contributed by atoms with Crippen molar-refractivity contribution in [2.45, 2.75) is 31.8 Å². The predicted molar refractivity (Wildman–Crippen MR) is 85.6 cm³/mol. The summed E-state index contributed by atoms with van der Waals surface area (Å²) in [5, 5.41) is 3.42. The molecule has 1 aromatic carbocycles. The smallest absolute Gasteiger partial charge is 0.241 e.